The molecule has 0 spiro atoms. The van der Waals surface area contributed by atoms with Crippen LogP contribution in [-0.4, -0.2) is 54.1 Å². The van der Waals surface area contributed by atoms with Crippen LogP contribution < -0.4 is 9.64 Å². The number of carbonyl (C=O) groups is 1. The third-order valence-electron chi connectivity index (χ3n) is 4.29. The number of halogens is 2. The van der Waals surface area contributed by atoms with Crippen molar-refractivity contribution in [3.05, 3.63) is 53.4 Å². The number of anilines is 1. The lowest BCUT2D eigenvalue weighted by molar-refractivity contribution is -0.126. The van der Waals surface area contributed by atoms with E-state index in [1.54, 1.807) is 25.0 Å². The number of aryl methyl sites for hydroxylation is 1. The fourth-order valence-electron chi connectivity index (χ4n) is 2.86. The van der Waals surface area contributed by atoms with Crippen molar-refractivity contribution in [3.63, 3.8) is 0 Å². The van der Waals surface area contributed by atoms with Gasteiger partial charge in [-0.1, -0.05) is 0 Å². The summed E-state index contributed by atoms with van der Waals surface area (Å²) in [4.78, 5) is 24.6. The second kappa shape index (κ2) is 8.11. The lowest BCUT2D eigenvalue weighted by Gasteiger charge is -2.35. The van der Waals surface area contributed by atoms with Crippen molar-refractivity contribution in [2.24, 2.45) is 0 Å². The number of rotatable bonds is 4. The first kappa shape index (κ1) is 18.8. The largest absolute Gasteiger partial charge is 0.481 e. The summed E-state index contributed by atoms with van der Waals surface area (Å²) in [6.07, 6.45) is 2.57. The highest BCUT2D eigenvalue weighted by Gasteiger charge is 2.21. The first-order chi connectivity index (χ1) is 13.0. The quantitative estimate of drug-likeness (QED) is 0.770. The summed E-state index contributed by atoms with van der Waals surface area (Å²) in [5.74, 6) is 0.503. The lowest BCUT2D eigenvalue weighted by atomic mass is 10.2. The number of piperazine rings is 1. The second-order valence-corrected chi connectivity index (χ2v) is 6.13. The van der Waals surface area contributed by atoms with Crippen LogP contribution in [0.4, 0.5) is 14.6 Å². The molecule has 3 rings (SSSR count). The van der Waals surface area contributed by atoms with Gasteiger partial charge in [0, 0.05) is 43.9 Å². The summed E-state index contributed by atoms with van der Waals surface area (Å²) in [6, 6.07) is 4.90. The Morgan fingerprint density at radius 1 is 1.15 bits per heavy atom. The Balaban J connectivity index is 1.62. The minimum absolute atomic E-state index is 0.0468. The molecule has 0 N–H and O–H groups in total. The molecular weight excluding hydrogens is 354 g/mol. The Morgan fingerprint density at radius 3 is 2.59 bits per heavy atom. The van der Waals surface area contributed by atoms with Crippen LogP contribution in [0.25, 0.3) is 6.08 Å². The highest BCUT2D eigenvalue weighted by Crippen LogP contribution is 2.19. The fraction of sp³-hybridized carbons (Fsp3) is 0.316. The molecule has 0 unspecified atom stereocenters. The van der Waals surface area contributed by atoms with E-state index < -0.39 is 11.6 Å². The van der Waals surface area contributed by atoms with Crippen molar-refractivity contribution in [1.82, 2.24) is 14.9 Å². The fourth-order valence-corrected chi connectivity index (χ4v) is 2.86. The summed E-state index contributed by atoms with van der Waals surface area (Å²) >= 11 is 0. The molecule has 142 valence electrons. The van der Waals surface area contributed by atoms with Crippen LogP contribution >= 0.6 is 0 Å². The average molecular weight is 374 g/mol. The van der Waals surface area contributed by atoms with Crippen LogP contribution in [0.5, 0.6) is 5.88 Å². The van der Waals surface area contributed by atoms with Gasteiger partial charge < -0.3 is 14.5 Å². The maximum Gasteiger partial charge on any atom is 0.246 e. The van der Waals surface area contributed by atoms with Gasteiger partial charge in [0.05, 0.1) is 7.11 Å². The molecule has 1 aliphatic rings. The number of aromatic nitrogens is 2. The Kier molecular flexibility index (Phi) is 5.63. The summed E-state index contributed by atoms with van der Waals surface area (Å²) in [5.41, 5.74) is 0.0468. The summed E-state index contributed by atoms with van der Waals surface area (Å²) in [7, 11) is 1.55. The smallest absolute Gasteiger partial charge is 0.246 e. The zero-order valence-corrected chi connectivity index (χ0v) is 15.2. The van der Waals surface area contributed by atoms with Crippen molar-refractivity contribution >= 4 is 17.8 Å². The number of benzene rings is 1. The van der Waals surface area contributed by atoms with Gasteiger partial charge in [0.2, 0.25) is 11.8 Å². The van der Waals surface area contributed by atoms with E-state index in [-0.39, 0.29) is 11.5 Å². The molecule has 27 heavy (non-hydrogen) atoms. The molecule has 1 aromatic heterocycles. The third-order valence-corrected chi connectivity index (χ3v) is 4.29. The standard InChI is InChI=1S/C19H20F2N4O2/c1-13-22-17(12-18(23-13)27-2)24-7-9-25(10-8-24)19(26)6-3-14-11-15(20)4-5-16(14)21/h3-6,11-12H,7-10H2,1-2H3/b6-3+. The first-order valence-electron chi connectivity index (χ1n) is 8.53. The van der Waals surface area contributed by atoms with E-state index >= 15 is 0 Å². The van der Waals surface area contributed by atoms with Gasteiger partial charge in [0.15, 0.2) is 0 Å². The number of carbonyl (C=O) groups excluding carboxylic acids is 1. The number of hydrogen-bond donors (Lipinski definition) is 0. The molecule has 0 saturated carbocycles. The lowest BCUT2D eigenvalue weighted by Crippen LogP contribution is -2.48. The molecule has 1 aromatic carbocycles. The van der Waals surface area contributed by atoms with E-state index in [0.717, 1.165) is 24.0 Å². The van der Waals surface area contributed by atoms with Gasteiger partial charge in [-0.05, 0) is 31.2 Å². The molecule has 1 fully saturated rings. The van der Waals surface area contributed by atoms with Gasteiger partial charge >= 0.3 is 0 Å². The normalized spacial score (nSPS) is 14.7. The van der Waals surface area contributed by atoms with Crippen LogP contribution in [-0.2, 0) is 4.79 Å². The van der Waals surface area contributed by atoms with Gasteiger partial charge in [0.25, 0.3) is 0 Å². The Labute approximate surface area is 156 Å². The van der Waals surface area contributed by atoms with Gasteiger partial charge in [-0.15, -0.1) is 0 Å². The number of ether oxygens (including phenoxy) is 1. The van der Waals surface area contributed by atoms with Crippen LogP contribution in [0.2, 0.25) is 0 Å². The minimum Gasteiger partial charge on any atom is -0.481 e. The monoisotopic (exact) mass is 374 g/mol. The molecule has 1 saturated heterocycles. The zero-order valence-electron chi connectivity index (χ0n) is 15.2. The zero-order chi connectivity index (χ0) is 19.4. The van der Waals surface area contributed by atoms with Gasteiger partial charge in [-0.25, -0.2) is 13.8 Å². The number of nitrogens with zero attached hydrogens (tertiary/aromatic N) is 4. The summed E-state index contributed by atoms with van der Waals surface area (Å²) in [5, 5.41) is 0. The Bertz CT molecular complexity index is 865. The molecule has 2 heterocycles. The molecule has 8 heteroatoms. The molecule has 0 radical (unpaired) electrons. The Hall–Kier alpha value is -3.03. The second-order valence-electron chi connectivity index (χ2n) is 6.13. The maximum absolute atomic E-state index is 13.6. The molecule has 1 amide bonds. The van der Waals surface area contributed by atoms with Crippen LogP contribution in [0.1, 0.15) is 11.4 Å². The predicted molar refractivity (Wildman–Crippen MR) is 97.5 cm³/mol. The van der Waals surface area contributed by atoms with E-state index in [1.165, 1.54) is 12.2 Å². The van der Waals surface area contributed by atoms with E-state index in [2.05, 4.69) is 14.9 Å². The number of hydrogen-bond acceptors (Lipinski definition) is 5. The molecule has 6 nitrogen and oxygen atoms in total. The molecular formula is C19H20F2N4O2. The number of amides is 1. The van der Waals surface area contributed by atoms with Crippen LogP contribution in [0, 0.1) is 18.6 Å². The highest BCUT2D eigenvalue weighted by atomic mass is 19.1. The van der Waals surface area contributed by atoms with Gasteiger partial charge in [-0.2, -0.15) is 4.98 Å². The van der Waals surface area contributed by atoms with Gasteiger partial charge in [-0.3, -0.25) is 4.79 Å². The van der Waals surface area contributed by atoms with Crippen LogP contribution in [0.3, 0.4) is 0 Å². The van der Waals surface area contributed by atoms with E-state index in [4.69, 9.17) is 4.74 Å². The van der Waals surface area contributed by atoms with Gasteiger partial charge in [0.1, 0.15) is 23.3 Å². The first-order valence-corrected chi connectivity index (χ1v) is 8.53. The Morgan fingerprint density at radius 2 is 1.89 bits per heavy atom. The highest BCUT2D eigenvalue weighted by molar-refractivity contribution is 5.92. The topological polar surface area (TPSA) is 58.6 Å². The van der Waals surface area contributed by atoms with Crippen LogP contribution in [0.15, 0.2) is 30.3 Å². The SMILES string of the molecule is COc1cc(N2CCN(C(=O)/C=C/c3cc(F)ccc3F)CC2)nc(C)n1. The maximum atomic E-state index is 13.6. The predicted octanol–water partition coefficient (Wildman–Crippen LogP) is 2.43. The minimum atomic E-state index is -0.571. The summed E-state index contributed by atoms with van der Waals surface area (Å²) in [6.45, 7) is 4.00. The molecule has 0 aliphatic carbocycles. The molecule has 0 atom stereocenters. The molecule has 0 bridgehead atoms. The number of methoxy groups -OCH3 is 1. The van der Waals surface area contributed by atoms with Crippen molar-refractivity contribution in [1.29, 1.82) is 0 Å². The van der Waals surface area contributed by atoms with E-state index in [0.29, 0.717) is 37.9 Å². The third kappa shape index (κ3) is 4.58. The van der Waals surface area contributed by atoms with Crippen molar-refractivity contribution in [2.75, 3.05) is 38.2 Å². The van der Waals surface area contributed by atoms with E-state index in [9.17, 15) is 13.6 Å². The molecule has 1 aliphatic heterocycles. The average Bonchev–Trinajstić information content (AvgIpc) is 2.68. The summed E-state index contributed by atoms with van der Waals surface area (Å²) < 4.78 is 32.0. The van der Waals surface area contributed by atoms with Crippen molar-refractivity contribution < 1.29 is 18.3 Å². The van der Waals surface area contributed by atoms with Crippen molar-refractivity contribution in [2.45, 2.75) is 6.92 Å². The van der Waals surface area contributed by atoms with Crippen molar-refractivity contribution in [3.8, 4) is 5.88 Å². The van der Waals surface area contributed by atoms with E-state index in [1.807, 2.05) is 0 Å². The molecule has 2 aromatic rings.